The average Bonchev–Trinajstić information content (AvgIpc) is 2.44. The summed E-state index contributed by atoms with van der Waals surface area (Å²) in [5, 5.41) is 0. The maximum atomic E-state index is 12.7. The molecule has 1 amide bonds. The lowest BCUT2D eigenvalue weighted by Crippen LogP contribution is -2.54. The van der Waals surface area contributed by atoms with Crippen LogP contribution < -0.4 is 5.73 Å². The molecule has 0 saturated heterocycles. The summed E-state index contributed by atoms with van der Waals surface area (Å²) in [4.78, 5) is 12.7. The molecule has 2 atom stereocenters. The van der Waals surface area contributed by atoms with E-state index in [4.69, 9.17) is 5.73 Å². The van der Waals surface area contributed by atoms with E-state index in [0.717, 1.165) is 19.3 Å². The molecule has 2 heteroatoms. The van der Waals surface area contributed by atoms with E-state index in [1.54, 1.807) is 0 Å². The third-order valence-corrected chi connectivity index (χ3v) is 6.06. The molecule has 0 spiro atoms. The molecular formula is C21H41NO. The molecule has 1 aliphatic carbocycles. The van der Waals surface area contributed by atoms with E-state index < -0.39 is 0 Å². The van der Waals surface area contributed by atoms with Crippen LogP contribution in [0.15, 0.2) is 0 Å². The van der Waals surface area contributed by atoms with Crippen molar-refractivity contribution in [2.75, 3.05) is 0 Å². The van der Waals surface area contributed by atoms with Crippen molar-refractivity contribution in [3.8, 4) is 0 Å². The Kier molecular flexibility index (Phi) is 8.10. The predicted molar refractivity (Wildman–Crippen MR) is 100 cm³/mol. The minimum absolute atomic E-state index is 0.0120. The van der Waals surface area contributed by atoms with Crippen molar-refractivity contribution in [2.24, 2.45) is 28.4 Å². The third kappa shape index (κ3) is 4.97. The van der Waals surface area contributed by atoms with E-state index in [2.05, 4.69) is 34.6 Å². The molecule has 2 nitrogen and oxygen atoms in total. The van der Waals surface area contributed by atoms with E-state index in [1.807, 2.05) is 0 Å². The molecule has 2 unspecified atom stereocenters. The van der Waals surface area contributed by atoms with Gasteiger partial charge in [0, 0.05) is 0 Å². The number of unbranched alkanes of at least 4 members (excludes halogenated alkanes) is 3. The second kappa shape index (κ2) is 9.08. The number of hydrogen-bond donors (Lipinski definition) is 1. The maximum absolute atomic E-state index is 12.7. The van der Waals surface area contributed by atoms with Crippen LogP contribution in [0.2, 0.25) is 0 Å². The highest BCUT2D eigenvalue weighted by molar-refractivity contribution is 5.82. The molecule has 136 valence electrons. The van der Waals surface area contributed by atoms with Crippen molar-refractivity contribution in [1.82, 2.24) is 0 Å². The zero-order valence-electron chi connectivity index (χ0n) is 16.4. The summed E-state index contributed by atoms with van der Waals surface area (Å²) in [6, 6.07) is 0. The average molecular weight is 324 g/mol. The summed E-state index contributed by atoms with van der Waals surface area (Å²) in [7, 11) is 0. The van der Waals surface area contributed by atoms with Gasteiger partial charge in [-0.05, 0) is 49.4 Å². The van der Waals surface area contributed by atoms with Crippen molar-refractivity contribution in [2.45, 2.75) is 105 Å². The molecular weight excluding hydrogens is 282 g/mol. The van der Waals surface area contributed by atoms with Gasteiger partial charge in [-0.25, -0.2) is 0 Å². The van der Waals surface area contributed by atoms with Gasteiger partial charge in [0.05, 0.1) is 5.41 Å². The fraction of sp³-hybridized carbons (Fsp3) is 0.952. The van der Waals surface area contributed by atoms with Crippen molar-refractivity contribution in [1.29, 1.82) is 0 Å². The van der Waals surface area contributed by atoms with Crippen molar-refractivity contribution < 1.29 is 4.79 Å². The van der Waals surface area contributed by atoms with E-state index in [-0.39, 0.29) is 16.7 Å². The van der Waals surface area contributed by atoms with Gasteiger partial charge in [-0.3, -0.25) is 4.79 Å². The van der Waals surface area contributed by atoms with Crippen LogP contribution in [0.3, 0.4) is 0 Å². The number of hydrogen-bond acceptors (Lipinski definition) is 1. The first-order valence-electron chi connectivity index (χ1n) is 10.1. The van der Waals surface area contributed by atoms with Gasteiger partial charge < -0.3 is 5.73 Å². The fourth-order valence-electron chi connectivity index (χ4n) is 5.33. The molecule has 0 heterocycles. The lowest BCUT2D eigenvalue weighted by Gasteiger charge is -2.54. The van der Waals surface area contributed by atoms with Crippen LogP contribution in [0.4, 0.5) is 0 Å². The Morgan fingerprint density at radius 2 is 1.57 bits per heavy atom. The molecule has 0 aromatic rings. The normalized spacial score (nSPS) is 28.5. The zero-order valence-corrected chi connectivity index (χ0v) is 16.4. The Labute approximate surface area is 145 Å². The number of amides is 1. The fourth-order valence-corrected chi connectivity index (χ4v) is 5.33. The first-order valence-corrected chi connectivity index (χ1v) is 10.1. The molecule has 1 saturated carbocycles. The Hall–Kier alpha value is -0.530. The minimum Gasteiger partial charge on any atom is -0.369 e. The van der Waals surface area contributed by atoms with Gasteiger partial charge in [0.1, 0.15) is 0 Å². The number of carbonyl (C=O) groups excluding carboxylic acids is 1. The van der Waals surface area contributed by atoms with Gasteiger partial charge in [0.2, 0.25) is 5.91 Å². The van der Waals surface area contributed by atoms with E-state index in [9.17, 15) is 4.79 Å². The minimum atomic E-state index is -0.268. The van der Waals surface area contributed by atoms with Crippen molar-refractivity contribution >= 4 is 5.91 Å². The first kappa shape index (κ1) is 20.5. The largest absolute Gasteiger partial charge is 0.369 e. The van der Waals surface area contributed by atoms with Gasteiger partial charge in [-0.2, -0.15) is 0 Å². The topological polar surface area (TPSA) is 43.1 Å². The number of primary amides is 1. The van der Waals surface area contributed by atoms with Gasteiger partial charge >= 0.3 is 0 Å². The maximum Gasteiger partial charge on any atom is 0.224 e. The molecule has 23 heavy (non-hydrogen) atoms. The number of nitrogens with two attached hydrogens (primary N) is 1. The summed E-state index contributed by atoms with van der Waals surface area (Å²) >= 11 is 0. The molecule has 1 fully saturated rings. The molecule has 1 rings (SSSR count). The standard InChI is InChI=1S/C21H41NO/c1-6-7-8-9-12-20(15-17(2)3)13-10-11-14-21(20,19(22)23)16-18(4)5/h17-18H,6-16H2,1-5H3,(H2,22,23). The van der Waals surface area contributed by atoms with Gasteiger partial charge in [-0.15, -0.1) is 0 Å². The van der Waals surface area contributed by atoms with E-state index in [0.29, 0.717) is 11.8 Å². The van der Waals surface area contributed by atoms with Crippen LogP contribution in [-0.4, -0.2) is 5.91 Å². The quantitative estimate of drug-likeness (QED) is 0.486. The Balaban J connectivity index is 3.13. The summed E-state index contributed by atoms with van der Waals surface area (Å²) in [5.41, 5.74) is 5.97. The summed E-state index contributed by atoms with van der Waals surface area (Å²) in [6.07, 6.45) is 13.1. The molecule has 2 N–H and O–H groups in total. The van der Waals surface area contributed by atoms with Gasteiger partial charge in [0.15, 0.2) is 0 Å². The highest BCUT2D eigenvalue weighted by atomic mass is 16.1. The molecule has 1 aliphatic rings. The van der Waals surface area contributed by atoms with E-state index in [1.165, 1.54) is 51.4 Å². The van der Waals surface area contributed by atoms with Crippen molar-refractivity contribution in [3.63, 3.8) is 0 Å². The van der Waals surface area contributed by atoms with E-state index >= 15 is 0 Å². The Bertz CT molecular complexity index is 363. The molecule has 0 aromatic heterocycles. The summed E-state index contributed by atoms with van der Waals surface area (Å²) < 4.78 is 0. The SMILES string of the molecule is CCCCCCC1(CC(C)C)CCCCC1(CC(C)C)C(N)=O. The summed E-state index contributed by atoms with van der Waals surface area (Å²) in [5.74, 6) is 1.15. The summed E-state index contributed by atoms with van der Waals surface area (Å²) in [6.45, 7) is 11.4. The van der Waals surface area contributed by atoms with Crippen LogP contribution in [-0.2, 0) is 4.79 Å². The highest BCUT2D eigenvalue weighted by Gasteiger charge is 2.55. The first-order chi connectivity index (χ1) is 10.8. The lowest BCUT2D eigenvalue weighted by atomic mass is 9.49. The second-order valence-corrected chi connectivity index (χ2v) is 8.94. The van der Waals surface area contributed by atoms with Gasteiger partial charge in [-0.1, -0.05) is 73.1 Å². The molecule has 0 bridgehead atoms. The Morgan fingerprint density at radius 1 is 0.957 bits per heavy atom. The molecule has 0 aromatic carbocycles. The number of carbonyl (C=O) groups is 1. The third-order valence-electron chi connectivity index (χ3n) is 6.06. The van der Waals surface area contributed by atoms with Crippen LogP contribution in [0, 0.1) is 22.7 Å². The van der Waals surface area contributed by atoms with Crippen LogP contribution in [0.5, 0.6) is 0 Å². The predicted octanol–water partition coefficient (Wildman–Crippen LogP) is 6.08. The zero-order chi connectivity index (χ0) is 17.5. The molecule has 0 radical (unpaired) electrons. The van der Waals surface area contributed by atoms with Crippen LogP contribution >= 0.6 is 0 Å². The number of rotatable bonds is 10. The lowest BCUT2D eigenvalue weighted by molar-refractivity contribution is -0.146. The van der Waals surface area contributed by atoms with Crippen LogP contribution in [0.25, 0.3) is 0 Å². The highest BCUT2D eigenvalue weighted by Crippen LogP contribution is 2.59. The monoisotopic (exact) mass is 323 g/mol. The van der Waals surface area contributed by atoms with Crippen LogP contribution in [0.1, 0.15) is 105 Å². The molecule has 0 aliphatic heterocycles. The smallest absolute Gasteiger partial charge is 0.224 e. The second-order valence-electron chi connectivity index (χ2n) is 8.94. The Morgan fingerprint density at radius 3 is 2.09 bits per heavy atom. The van der Waals surface area contributed by atoms with Gasteiger partial charge in [0.25, 0.3) is 0 Å². The van der Waals surface area contributed by atoms with Crippen molar-refractivity contribution in [3.05, 3.63) is 0 Å².